The van der Waals surface area contributed by atoms with E-state index in [-0.39, 0.29) is 5.92 Å². The van der Waals surface area contributed by atoms with Crippen LogP contribution in [0.25, 0.3) is 0 Å². The summed E-state index contributed by atoms with van der Waals surface area (Å²) in [6.45, 7) is 7.02. The van der Waals surface area contributed by atoms with Crippen LogP contribution in [0.15, 0.2) is 0 Å². The molecular weight excluding hydrogens is 222 g/mol. The summed E-state index contributed by atoms with van der Waals surface area (Å²) < 4.78 is 0. The lowest BCUT2D eigenvalue weighted by molar-refractivity contribution is -0.143. The molecule has 1 rings (SSSR count). The Labute approximate surface area is 103 Å². The van der Waals surface area contributed by atoms with Gasteiger partial charge >= 0.3 is 5.97 Å². The maximum atomic E-state index is 11.2. The van der Waals surface area contributed by atoms with Gasteiger partial charge in [0.1, 0.15) is 0 Å². The molecule has 3 nitrogen and oxygen atoms in total. The molecule has 0 aromatic carbocycles. The Balaban J connectivity index is 2.45. The summed E-state index contributed by atoms with van der Waals surface area (Å²) in [5.41, 5.74) is 0. The SMILES string of the molecule is CSCCCN1C[C@@H](C(=O)O)[C@H](C(C)C)C1. The molecule has 94 valence electrons. The molecule has 0 radical (unpaired) electrons. The fourth-order valence-corrected chi connectivity index (χ4v) is 2.88. The van der Waals surface area contributed by atoms with E-state index in [2.05, 4.69) is 25.0 Å². The van der Waals surface area contributed by atoms with Gasteiger partial charge in [0.05, 0.1) is 5.92 Å². The molecule has 1 N–H and O–H groups in total. The summed E-state index contributed by atoms with van der Waals surface area (Å²) in [5.74, 6) is 1.18. The molecule has 16 heavy (non-hydrogen) atoms. The Morgan fingerprint density at radius 3 is 2.62 bits per heavy atom. The predicted octanol–water partition coefficient (Wildman–Crippen LogP) is 2.03. The molecule has 0 aromatic heterocycles. The second-order valence-corrected chi connectivity index (χ2v) is 5.94. The van der Waals surface area contributed by atoms with E-state index >= 15 is 0 Å². The first kappa shape index (κ1) is 13.8. The summed E-state index contributed by atoms with van der Waals surface area (Å²) in [7, 11) is 0. The third-order valence-electron chi connectivity index (χ3n) is 3.44. The van der Waals surface area contributed by atoms with Crippen LogP contribution < -0.4 is 0 Å². The van der Waals surface area contributed by atoms with Crippen LogP contribution in [0, 0.1) is 17.8 Å². The number of hydrogen-bond acceptors (Lipinski definition) is 3. The second-order valence-electron chi connectivity index (χ2n) is 4.96. The highest BCUT2D eigenvalue weighted by molar-refractivity contribution is 7.98. The Hall–Kier alpha value is -0.220. The first-order valence-electron chi connectivity index (χ1n) is 6.00. The summed E-state index contributed by atoms with van der Waals surface area (Å²) in [5, 5.41) is 9.19. The summed E-state index contributed by atoms with van der Waals surface area (Å²) >= 11 is 1.86. The van der Waals surface area contributed by atoms with Gasteiger partial charge in [-0.1, -0.05) is 13.8 Å². The van der Waals surface area contributed by atoms with Gasteiger partial charge in [-0.3, -0.25) is 4.79 Å². The van der Waals surface area contributed by atoms with Gasteiger partial charge in [-0.25, -0.2) is 0 Å². The first-order chi connectivity index (χ1) is 7.56. The molecule has 0 amide bonds. The molecule has 0 aliphatic carbocycles. The molecule has 1 heterocycles. The largest absolute Gasteiger partial charge is 0.481 e. The molecule has 1 fully saturated rings. The van der Waals surface area contributed by atoms with Crippen LogP contribution in [-0.4, -0.2) is 47.6 Å². The quantitative estimate of drug-likeness (QED) is 0.727. The number of thioether (sulfide) groups is 1. The van der Waals surface area contributed by atoms with Crippen molar-refractivity contribution in [3.63, 3.8) is 0 Å². The zero-order chi connectivity index (χ0) is 12.1. The van der Waals surface area contributed by atoms with E-state index in [0.29, 0.717) is 11.8 Å². The van der Waals surface area contributed by atoms with Gasteiger partial charge in [-0.05, 0) is 36.8 Å². The van der Waals surface area contributed by atoms with Crippen molar-refractivity contribution >= 4 is 17.7 Å². The van der Waals surface area contributed by atoms with E-state index in [1.165, 1.54) is 12.2 Å². The smallest absolute Gasteiger partial charge is 0.308 e. The number of carbonyl (C=O) groups is 1. The number of likely N-dealkylation sites (tertiary alicyclic amines) is 1. The Kier molecular flexibility index (Phi) is 5.62. The average Bonchev–Trinajstić information content (AvgIpc) is 2.62. The second kappa shape index (κ2) is 6.50. The number of rotatable bonds is 6. The van der Waals surface area contributed by atoms with E-state index in [0.717, 1.165) is 19.6 Å². The molecule has 1 aliphatic rings. The van der Waals surface area contributed by atoms with Gasteiger partial charge in [-0.2, -0.15) is 11.8 Å². The molecule has 0 aromatic rings. The van der Waals surface area contributed by atoms with Crippen molar-refractivity contribution < 1.29 is 9.90 Å². The monoisotopic (exact) mass is 245 g/mol. The summed E-state index contributed by atoms with van der Waals surface area (Å²) in [4.78, 5) is 13.5. The highest BCUT2D eigenvalue weighted by Crippen LogP contribution is 2.29. The fraction of sp³-hybridized carbons (Fsp3) is 0.917. The standard InChI is InChI=1S/C12H23NO2S/c1-9(2)10-7-13(5-4-6-16-3)8-11(10)12(14)15/h9-11H,4-8H2,1-3H3,(H,14,15)/t10-,11+/m0/s1. The molecule has 0 bridgehead atoms. The lowest BCUT2D eigenvalue weighted by atomic mass is 9.86. The Morgan fingerprint density at radius 1 is 1.50 bits per heavy atom. The van der Waals surface area contributed by atoms with Crippen molar-refractivity contribution in [2.24, 2.45) is 17.8 Å². The topological polar surface area (TPSA) is 40.5 Å². The maximum absolute atomic E-state index is 11.2. The van der Waals surface area contributed by atoms with Crippen molar-refractivity contribution in [3.05, 3.63) is 0 Å². The van der Waals surface area contributed by atoms with Gasteiger partial charge in [0.25, 0.3) is 0 Å². The van der Waals surface area contributed by atoms with E-state index in [4.69, 9.17) is 0 Å². The van der Waals surface area contributed by atoms with Gasteiger partial charge < -0.3 is 10.0 Å². The molecular formula is C12H23NO2S. The van der Waals surface area contributed by atoms with E-state index in [1.54, 1.807) is 0 Å². The Morgan fingerprint density at radius 2 is 2.19 bits per heavy atom. The minimum Gasteiger partial charge on any atom is -0.481 e. The van der Waals surface area contributed by atoms with Crippen LogP contribution in [0.4, 0.5) is 0 Å². The Bertz CT molecular complexity index is 233. The van der Waals surface area contributed by atoms with Crippen molar-refractivity contribution in [2.45, 2.75) is 20.3 Å². The normalized spacial score (nSPS) is 26.5. The molecule has 2 atom stereocenters. The van der Waals surface area contributed by atoms with Crippen molar-refractivity contribution in [2.75, 3.05) is 31.6 Å². The lowest BCUT2D eigenvalue weighted by Gasteiger charge is -2.18. The van der Waals surface area contributed by atoms with Gasteiger partial charge in [0.2, 0.25) is 0 Å². The fourth-order valence-electron chi connectivity index (χ4n) is 2.47. The average molecular weight is 245 g/mol. The summed E-state index contributed by atoms with van der Waals surface area (Å²) in [6.07, 6.45) is 3.28. The number of hydrogen-bond donors (Lipinski definition) is 1. The van der Waals surface area contributed by atoms with Gasteiger partial charge in [0.15, 0.2) is 0 Å². The maximum Gasteiger partial charge on any atom is 0.308 e. The highest BCUT2D eigenvalue weighted by atomic mass is 32.2. The van der Waals surface area contributed by atoms with Crippen LogP contribution in [0.5, 0.6) is 0 Å². The highest BCUT2D eigenvalue weighted by Gasteiger charge is 2.38. The zero-order valence-corrected chi connectivity index (χ0v) is 11.3. The van der Waals surface area contributed by atoms with Gasteiger partial charge in [-0.15, -0.1) is 0 Å². The van der Waals surface area contributed by atoms with Crippen LogP contribution in [0.2, 0.25) is 0 Å². The molecule has 0 saturated carbocycles. The van der Waals surface area contributed by atoms with Crippen LogP contribution in [0.1, 0.15) is 20.3 Å². The van der Waals surface area contributed by atoms with Crippen LogP contribution >= 0.6 is 11.8 Å². The molecule has 0 unspecified atom stereocenters. The molecule has 0 spiro atoms. The number of carboxylic acid groups (broad SMARTS) is 1. The van der Waals surface area contributed by atoms with Crippen molar-refractivity contribution in [1.82, 2.24) is 4.90 Å². The molecule has 4 heteroatoms. The minimum absolute atomic E-state index is 0.158. The summed E-state index contributed by atoms with van der Waals surface area (Å²) in [6, 6.07) is 0. The number of aliphatic carboxylic acids is 1. The third kappa shape index (κ3) is 3.67. The minimum atomic E-state index is -0.619. The van der Waals surface area contributed by atoms with E-state index in [9.17, 15) is 9.90 Å². The van der Waals surface area contributed by atoms with Crippen LogP contribution in [-0.2, 0) is 4.79 Å². The van der Waals surface area contributed by atoms with Crippen LogP contribution in [0.3, 0.4) is 0 Å². The van der Waals surface area contributed by atoms with Crippen molar-refractivity contribution in [3.8, 4) is 0 Å². The number of carboxylic acids is 1. The third-order valence-corrected chi connectivity index (χ3v) is 4.13. The zero-order valence-electron chi connectivity index (χ0n) is 10.5. The van der Waals surface area contributed by atoms with E-state index in [1.807, 2.05) is 11.8 Å². The first-order valence-corrected chi connectivity index (χ1v) is 7.39. The lowest BCUT2D eigenvalue weighted by Crippen LogP contribution is -2.25. The van der Waals surface area contributed by atoms with E-state index < -0.39 is 5.97 Å². The molecule has 1 saturated heterocycles. The number of nitrogens with zero attached hydrogens (tertiary/aromatic N) is 1. The van der Waals surface area contributed by atoms with Crippen molar-refractivity contribution in [1.29, 1.82) is 0 Å². The predicted molar refractivity (Wildman–Crippen MR) is 68.9 cm³/mol. The molecule has 1 aliphatic heterocycles. The van der Waals surface area contributed by atoms with Gasteiger partial charge in [0, 0.05) is 13.1 Å².